The Morgan fingerprint density at radius 1 is 1.12 bits per heavy atom. The minimum Gasteiger partial charge on any atom is -0.347 e. The first-order valence-corrected chi connectivity index (χ1v) is 9.02. The molecule has 1 fully saturated rings. The van der Waals surface area contributed by atoms with E-state index in [0.29, 0.717) is 5.92 Å². The zero-order chi connectivity index (χ0) is 16.7. The smallest absolute Gasteiger partial charge is 0.253 e. The average molecular weight is 383 g/mol. The van der Waals surface area contributed by atoms with Crippen molar-refractivity contribution in [3.05, 3.63) is 70.3 Å². The highest BCUT2D eigenvalue weighted by Gasteiger charge is 2.29. The van der Waals surface area contributed by atoms with E-state index in [0.717, 1.165) is 29.5 Å². The molecule has 24 heavy (non-hydrogen) atoms. The predicted molar refractivity (Wildman–Crippen MR) is 100 cm³/mol. The second kappa shape index (κ2) is 6.10. The summed E-state index contributed by atoms with van der Waals surface area (Å²) in [5.74, 6) is 0.524. The lowest BCUT2D eigenvalue weighted by molar-refractivity contribution is 0.0790. The number of carbonyl (C=O) groups excluding carboxylic acids is 1. The van der Waals surface area contributed by atoms with Gasteiger partial charge in [0.25, 0.3) is 5.91 Å². The Labute approximate surface area is 150 Å². The van der Waals surface area contributed by atoms with Crippen LogP contribution in [0.15, 0.2) is 59.1 Å². The molecule has 0 radical (unpaired) electrons. The van der Waals surface area contributed by atoms with Crippen LogP contribution < -0.4 is 0 Å². The van der Waals surface area contributed by atoms with Gasteiger partial charge >= 0.3 is 0 Å². The third-order valence-corrected chi connectivity index (χ3v) is 5.45. The van der Waals surface area contributed by atoms with E-state index in [9.17, 15) is 4.79 Å². The Balaban J connectivity index is 1.57. The monoisotopic (exact) mass is 382 g/mol. The van der Waals surface area contributed by atoms with Crippen LogP contribution in [0.3, 0.4) is 0 Å². The summed E-state index contributed by atoms with van der Waals surface area (Å²) in [6.45, 7) is 1.60. The van der Waals surface area contributed by atoms with E-state index in [4.69, 9.17) is 0 Å². The Morgan fingerprint density at radius 3 is 2.75 bits per heavy atom. The number of nitrogens with zero attached hydrogens (tertiary/aromatic N) is 2. The molecule has 3 nitrogen and oxygen atoms in total. The molecular weight excluding hydrogens is 364 g/mol. The van der Waals surface area contributed by atoms with Crippen LogP contribution in [-0.4, -0.2) is 28.5 Å². The first kappa shape index (κ1) is 15.5. The van der Waals surface area contributed by atoms with Gasteiger partial charge in [-0.25, -0.2) is 0 Å². The molecule has 0 N–H and O–H groups in total. The Hall–Kier alpha value is -2.07. The van der Waals surface area contributed by atoms with Gasteiger partial charge in [0.2, 0.25) is 0 Å². The molecule has 1 amide bonds. The number of aryl methyl sites for hydroxylation is 1. The van der Waals surface area contributed by atoms with Crippen molar-refractivity contribution in [2.24, 2.45) is 7.05 Å². The number of fused-ring (bicyclic) bond motifs is 1. The summed E-state index contributed by atoms with van der Waals surface area (Å²) < 4.78 is 3.21. The maximum Gasteiger partial charge on any atom is 0.253 e. The Morgan fingerprint density at radius 2 is 1.96 bits per heavy atom. The Bertz CT molecular complexity index is 915. The van der Waals surface area contributed by atoms with Gasteiger partial charge in [-0.15, -0.1) is 0 Å². The SMILES string of the molecule is Cn1c(C2CCN(C(=O)c3cccc(Br)c3)C2)cc2ccccc21. The fourth-order valence-corrected chi connectivity index (χ4v) is 4.09. The molecule has 0 aliphatic carbocycles. The fourth-order valence-electron chi connectivity index (χ4n) is 3.69. The number of para-hydroxylation sites is 1. The van der Waals surface area contributed by atoms with Gasteiger partial charge in [0, 0.05) is 47.3 Å². The van der Waals surface area contributed by atoms with Crippen molar-refractivity contribution in [2.45, 2.75) is 12.3 Å². The highest BCUT2D eigenvalue weighted by atomic mass is 79.9. The number of carbonyl (C=O) groups is 1. The van der Waals surface area contributed by atoms with E-state index in [1.807, 2.05) is 29.2 Å². The van der Waals surface area contributed by atoms with Gasteiger partial charge in [-0.1, -0.05) is 40.2 Å². The topological polar surface area (TPSA) is 25.2 Å². The molecule has 4 heteroatoms. The molecule has 1 aromatic heterocycles. The van der Waals surface area contributed by atoms with Gasteiger partial charge in [0.05, 0.1) is 0 Å². The van der Waals surface area contributed by atoms with Gasteiger partial charge in [0.1, 0.15) is 0 Å². The summed E-state index contributed by atoms with van der Waals surface area (Å²) >= 11 is 3.44. The molecule has 3 aromatic rings. The molecule has 1 aliphatic rings. The highest BCUT2D eigenvalue weighted by molar-refractivity contribution is 9.10. The standard InChI is InChI=1S/C20H19BrN2O/c1-22-18-8-3-2-5-14(18)12-19(22)16-9-10-23(13-16)20(24)15-6-4-7-17(21)11-15/h2-8,11-12,16H,9-10,13H2,1H3. The molecule has 0 spiro atoms. The van der Waals surface area contributed by atoms with Crippen LogP contribution in [0.25, 0.3) is 10.9 Å². The maximum atomic E-state index is 12.7. The molecule has 1 aliphatic heterocycles. The second-order valence-corrected chi connectivity index (χ2v) is 7.35. The van der Waals surface area contributed by atoms with Crippen LogP contribution in [0.2, 0.25) is 0 Å². The van der Waals surface area contributed by atoms with Gasteiger partial charge in [0.15, 0.2) is 0 Å². The van der Waals surface area contributed by atoms with Gasteiger partial charge in [-0.05, 0) is 42.1 Å². The number of hydrogen-bond donors (Lipinski definition) is 0. The van der Waals surface area contributed by atoms with Crippen LogP contribution in [0.1, 0.15) is 28.4 Å². The van der Waals surface area contributed by atoms with E-state index in [-0.39, 0.29) is 5.91 Å². The van der Waals surface area contributed by atoms with Gasteiger partial charge in [-0.2, -0.15) is 0 Å². The van der Waals surface area contributed by atoms with Crippen molar-refractivity contribution >= 4 is 32.7 Å². The normalized spacial score (nSPS) is 17.6. The van der Waals surface area contributed by atoms with Crippen LogP contribution in [0.5, 0.6) is 0 Å². The van der Waals surface area contributed by atoms with Crippen LogP contribution in [0.4, 0.5) is 0 Å². The van der Waals surface area contributed by atoms with Gasteiger partial charge in [-0.3, -0.25) is 4.79 Å². The second-order valence-electron chi connectivity index (χ2n) is 6.43. The first-order chi connectivity index (χ1) is 11.6. The summed E-state index contributed by atoms with van der Waals surface area (Å²) in [5, 5.41) is 1.27. The lowest BCUT2D eigenvalue weighted by Gasteiger charge is -2.17. The fraction of sp³-hybridized carbons (Fsp3) is 0.250. The van der Waals surface area contributed by atoms with E-state index < -0.39 is 0 Å². The third kappa shape index (κ3) is 2.65. The Kier molecular flexibility index (Phi) is 3.93. The van der Waals surface area contributed by atoms with Crippen LogP contribution in [-0.2, 0) is 7.05 Å². The van der Waals surface area contributed by atoms with Crippen LogP contribution >= 0.6 is 15.9 Å². The third-order valence-electron chi connectivity index (χ3n) is 4.95. The van der Waals surface area contributed by atoms with E-state index in [1.165, 1.54) is 16.6 Å². The van der Waals surface area contributed by atoms with E-state index in [1.54, 1.807) is 0 Å². The number of amides is 1. The number of hydrogen-bond acceptors (Lipinski definition) is 1. The van der Waals surface area contributed by atoms with Gasteiger partial charge < -0.3 is 9.47 Å². The van der Waals surface area contributed by atoms with E-state index >= 15 is 0 Å². The van der Waals surface area contributed by atoms with Crippen molar-refractivity contribution in [1.29, 1.82) is 0 Å². The van der Waals surface area contributed by atoms with Crippen LogP contribution in [0, 0.1) is 0 Å². The molecule has 122 valence electrons. The molecule has 0 saturated carbocycles. The molecule has 1 atom stereocenters. The lowest BCUT2D eigenvalue weighted by Crippen LogP contribution is -2.28. The molecule has 0 bridgehead atoms. The number of benzene rings is 2. The zero-order valence-corrected chi connectivity index (χ0v) is 15.2. The van der Waals surface area contributed by atoms with Crippen molar-refractivity contribution < 1.29 is 4.79 Å². The van der Waals surface area contributed by atoms with Crippen molar-refractivity contribution in [3.63, 3.8) is 0 Å². The van der Waals surface area contributed by atoms with E-state index in [2.05, 4.69) is 57.9 Å². The molecule has 2 aromatic carbocycles. The van der Waals surface area contributed by atoms with Crippen molar-refractivity contribution in [2.75, 3.05) is 13.1 Å². The summed E-state index contributed by atoms with van der Waals surface area (Å²) in [6.07, 6.45) is 1.02. The molecule has 1 unspecified atom stereocenters. The number of likely N-dealkylation sites (tertiary alicyclic amines) is 1. The zero-order valence-electron chi connectivity index (χ0n) is 13.6. The number of halogens is 1. The average Bonchev–Trinajstić information content (AvgIpc) is 3.20. The lowest BCUT2D eigenvalue weighted by atomic mass is 10.0. The summed E-state index contributed by atoms with van der Waals surface area (Å²) in [7, 11) is 2.12. The molecular formula is C20H19BrN2O. The summed E-state index contributed by atoms with van der Waals surface area (Å²) in [4.78, 5) is 14.7. The molecule has 4 rings (SSSR count). The highest BCUT2D eigenvalue weighted by Crippen LogP contribution is 2.32. The molecule has 1 saturated heterocycles. The summed E-state index contributed by atoms with van der Waals surface area (Å²) in [6, 6.07) is 18.4. The number of rotatable bonds is 2. The van der Waals surface area contributed by atoms with Crippen molar-refractivity contribution in [3.8, 4) is 0 Å². The largest absolute Gasteiger partial charge is 0.347 e. The van der Waals surface area contributed by atoms with Crippen molar-refractivity contribution in [1.82, 2.24) is 9.47 Å². The quantitative estimate of drug-likeness (QED) is 0.637. The summed E-state index contributed by atoms with van der Waals surface area (Å²) in [5.41, 5.74) is 3.33. The minimum atomic E-state index is 0.123. The number of aromatic nitrogens is 1. The predicted octanol–water partition coefficient (Wildman–Crippen LogP) is 4.57. The molecule has 2 heterocycles. The maximum absolute atomic E-state index is 12.7. The minimum absolute atomic E-state index is 0.123. The first-order valence-electron chi connectivity index (χ1n) is 8.22.